The Morgan fingerprint density at radius 1 is 0.675 bits per heavy atom. The molecule has 0 radical (unpaired) electrons. The predicted molar refractivity (Wildman–Crippen MR) is 177 cm³/mol. The highest BCUT2D eigenvalue weighted by Gasteiger charge is 2.28. The molecule has 1 N–H and O–H groups in total. The van der Waals surface area contributed by atoms with Gasteiger partial charge in [-0.15, -0.1) is 22.7 Å². The monoisotopic (exact) mass is 544 g/mol. The molecule has 40 heavy (non-hydrogen) atoms. The standard InChI is InChI=1S/C35H21BN2S2/c1-18-16-24(19-10-6-11-22-29-20-8-2-4-14-27(20)39-34(29)37-32(19)22)31-26(17-18)38-33-23(12-7-13-25(33)36-31)30-21-9-3-5-15-28(21)40-35(30)38/h2-17,36-37H,1H3. The zero-order valence-electron chi connectivity index (χ0n) is 21.7. The van der Waals surface area contributed by atoms with E-state index in [4.69, 9.17) is 0 Å². The van der Waals surface area contributed by atoms with Gasteiger partial charge in [0.05, 0.1) is 5.52 Å². The molecule has 1 aliphatic rings. The predicted octanol–water partition coefficient (Wildman–Crippen LogP) is 8.52. The minimum Gasteiger partial charge on any atom is -0.346 e. The summed E-state index contributed by atoms with van der Waals surface area (Å²) >= 11 is 3.77. The number of rotatable bonds is 1. The van der Waals surface area contributed by atoms with E-state index in [1.807, 2.05) is 22.7 Å². The SMILES string of the molecule is Cc1cc(-c2cccc3c2[nH]c2sc4ccccc4c23)c2c(c1)-n1c3sc4ccccc4c3c3cccc(c31)B2. The van der Waals surface area contributed by atoms with Crippen LogP contribution >= 0.6 is 22.7 Å². The molecule has 0 saturated heterocycles. The first-order valence-corrected chi connectivity index (χ1v) is 15.4. The zero-order valence-corrected chi connectivity index (χ0v) is 23.3. The summed E-state index contributed by atoms with van der Waals surface area (Å²) in [4.78, 5) is 6.47. The lowest BCUT2D eigenvalue weighted by atomic mass is 9.59. The molecule has 0 saturated carbocycles. The van der Waals surface area contributed by atoms with E-state index in [1.54, 1.807) is 0 Å². The van der Waals surface area contributed by atoms with Crippen LogP contribution in [0.25, 0.3) is 79.2 Å². The molecule has 2 nitrogen and oxygen atoms in total. The van der Waals surface area contributed by atoms with Gasteiger partial charge in [-0.25, -0.2) is 0 Å². The Bertz CT molecular complexity index is 2540. The van der Waals surface area contributed by atoms with Gasteiger partial charge in [-0.05, 0) is 41.7 Å². The average Bonchev–Trinajstić information content (AvgIpc) is 3.71. The number of para-hydroxylation sites is 2. The molecule has 0 spiro atoms. The van der Waals surface area contributed by atoms with Crippen molar-refractivity contribution < 1.29 is 0 Å². The summed E-state index contributed by atoms with van der Waals surface area (Å²) in [5.41, 5.74) is 10.7. The van der Waals surface area contributed by atoms with Gasteiger partial charge in [-0.3, -0.25) is 0 Å². The first-order chi connectivity index (χ1) is 19.7. The van der Waals surface area contributed by atoms with Crippen molar-refractivity contribution in [1.82, 2.24) is 9.55 Å². The van der Waals surface area contributed by atoms with Crippen LogP contribution in [0.4, 0.5) is 0 Å². The normalized spacial score (nSPS) is 12.8. The molecule has 9 aromatic rings. The van der Waals surface area contributed by atoms with Crippen molar-refractivity contribution in [2.24, 2.45) is 0 Å². The van der Waals surface area contributed by atoms with Gasteiger partial charge in [-0.2, -0.15) is 0 Å². The van der Waals surface area contributed by atoms with Gasteiger partial charge < -0.3 is 9.55 Å². The molecule has 0 bridgehead atoms. The molecular formula is C35H21BN2S2. The third-order valence-corrected chi connectivity index (χ3v) is 11.1. The maximum Gasteiger partial charge on any atom is 0.198 e. The van der Waals surface area contributed by atoms with Crippen LogP contribution in [-0.2, 0) is 0 Å². The van der Waals surface area contributed by atoms with Gasteiger partial charge in [0.15, 0.2) is 7.28 Å². The lowest BCUT2D eigenvalue weighted by Crippen LogP contribution is -2.37. The number of hydrogen-bond acceptors (Lipinski definition) is 2. The van der Waals surface area contributed by atoms with Gasteiger partial charge in [0.1, 0.15) is 9.66 Å². The van der Waals surface area contributed by atoms with Crippen molar-refractivity contribution in [3.8, 4) is 16.8 Å². The minimum absolute atomic E-state index is 0.936. The number of aromatic amines is 1. The molecule has 0 atom stereocenters. The zero-order chi connectivity index (χ0) is 26.1. The summed E-state index contributed by atoms with van der Waals surface area (Å²) in [5, 5.41) is 8.13. The van der Waals surface area contributed by atoms with Crippen LogP contribution in [0.2, 0.25) is 0 Å². The smallest absolute Gasteiger partial charge is 0.198 e. The van der Waals surface area contributed by atoms with E-state index in [9.17, 15) is 0 Å². The number of benzene rings is 5. The van der Waals surface area contributed by atoms with E-state index < -0.39 is 0 Å². The maximum atomic E-state index is 3.86. The number of hydrogen-bond donors (Lipinski definition) is 1. The highest BCUT2D eigenvalue weighted by molar-refractivity contribution is 7.26. The van der Waals surface area contributed by atoms with Gasteiger partial charge in [-0.1, -0.05) is 84.3 Å². The Kier molecular flexibility index (Phi) is 4.00. The molecule has 4 aromatic heterocycles. The second-order valence-electron chi connectivity index (χ2n) is 11.1. The van der Waals surface area contributed by atoms with Gasteiger partial charge in [0, 0.05) is 58.5 Å². The van der Waals surface area contributed by atoms with E-state index in [-0.39, 0.29) is 0 Å². The number of H-pyrrole nitrogens is 1. The van der Waals surface area contributed by atoms with Crippen molar-refractivity contribution in [3.63, 3.8) is 0 Å². The lowest BCUT2D eigenvalue weighted by Gasteiger charge is -2.24. The van der Waals surface area contributed by atoms with Crippen LogP contribution in [0, 0.1) is 6.92 Å². The second-order valence-corrected chi connectivity index (χ2v) is 13.2. The highest BCUT2D eigenvalue weighted by Crippen LogP contribution is 2.44. The Balaban J connectivity index is 1.32. The molecule has 1 aliphatic heterocycles. The Morgan fingerprint density at radius 3 is 2.27 bits per heavy atom. The van der Waals surface area contributed by atoms with Crippen molar-refractivity contribution in [2.75, 3.05) is 0 Å². The maximum absolute atomic E-state index is 3.86. The van der Waals surface area contributed by atoms with Crippen LogP contribution in [0.15, 0.2) is 97.1 Å². The van der Waals surface area contributed by atoms with E-state index >= 15 is 0 Å². The third kappa shape index (κ3) is 2.60. The summed E-state index contributed by atoms with van der Waals surface area (Å²) in [6.07, 6.45) is 0. The number of nitrogens with one attached hydrogen (secondary N) is 1. The fourth-order valence-corrected chi connectivity index (χ4v) is 9.59. The molecule has 0 fully saturated rings. The Labute approximate surface area is 238 Å². The first-order valence-electron chi connectivity index (χ1n) is 13.7. The molecule has 5 aromatic carbocycles. The number of fused-ring (bicyclic) bond motifs is 12. The van der Waals surface area contributed by atoms with Crippen LogP contribution in [0.1, 0.15) is 5.56 Å². The molecular weight excluding hydrogens is 523 g/mol. The van der Waals surface area contributed by atoms with Gasteiger partial charge in [0.25, 0.3) is 0 Å². The lowest BCUT2D eigenvalue weighted by molar-refractivity contribution is 1.20. The molecule has 0 unspecified atom stereocenters. The average molecular weight is 545 g/mol. The third-order valence-electron chi connectivity index (χ3n) is 8.83. The molecule has 5 heterocycles. The van der Waals surface area contributed by atoms with Crippen molar-refractivity contribution in [2.45, 2.75) is 6.92 Å². The quantitative estimate of drug-likeness (QED) is 0.200. The van der Waals surface area contributed by atoms with E-state index in [1.165, 1.54) is 95.7 Å². The second kappa shape index (κ2) is 7.45. The number of thiophene rings is 2. The Morgan fingerprint density at radius 2 is 1.40 bits per heavy atom. The molecule has 10 rings (SSSR count). The summed E-state index contributed by atoms with van der Waals surface area (Å²) in [5.74, 6) is 0. The van der Waals surface area contributed by atoms with Crippen LogP contribution in [0.5, 0.6) is 0 Å². The largest absolute Gasteiger partial charge is 0.346 e. The molecule has 5 heteroatoms. The number of aryl methyl sites for hydroxylation is 1. The van der Waals surface area contributed by atoms with Gasteiger partial charge >= 0.3 is 0 Å². The van der Waals surface area contributed by atoms with Crippen molar-refractivity contribution in [3.05, 3.63) is 103 Å². The van der Waals surface area contributed by atoms with Gasteiger partial charge in [0.2, 0.25) is 0 Å². The van der Waals surface area contributed by atoms with Crippen LogP contribution in [-0.4, -0.2) is 16.8 Å². The van der Waals surface area contributed by atoms with Crippen LogP contribution < -0.4 is 10.9 Å². The topological polar surface area (TPSA) is 20.7 Å². The van der Waals surface area contributed by atoms with Crippen molar-refractivity contribution in [1.29, 1.82) is 0 Å². The summed E-state index contributed by atoms with van der Waals surface area (Å²) < 4.78 is 5.26. The summed E-state index contributed by atoms with van der Waals surface area (Å²) in [6, 6.07) is 36.2. The molecule has 186 valence electrons. The fraction of sp³-hybridized carbons (Fsp3) is 0.0286. The van der Waals surface area contributed by atoms with E-state index in [0.717, 1.165) is 7.28 Å². The number of aromatic nitrogens is 2. The van der Waals surface area contributed by atoms with E-state index in [0.29, 0.717) is 0 Å². The first kappa shape index (κ1) is 21.5. The summed E-state index contributed by atoms with van der Waals surface area (Å²) in [6.45, 7) is 2.24. The number of nitrogens with zero attached hydrogens (tertiary/aromatic N) is 1. The minimum atomic E-state index is 0.936. The Hall–Kier alpha value is -4.32. The molecule has 0 aliphatic carbocycles. The molecule has 0 amide bonds. The van der Waals surface area contributed by atoms with Crippen LogP contribution in [0.3, 0.4) is 0 Å². The summed E-state index contributed by atoms with van der Waals surface area (Å²) in [7, 11) is 0.936. The van der Waals surface area contributed by atoms with E-state index in [2.05, 4.69) is 114 Å². The highest BCUT2D eigenvalue weighted by atomic mass is 32.1. The van der Waals surface area contributed by atoms with Crippen molar-refractivity contribution >= 4 is 103 Å². The fourth-order valence-electron chi connectivity index (χ4n) is 7.23.